The molecule has 0 spiro atoms. The molecule has 4 rings (SSSR count). The molecule has 0 aliphatic carbocycles. The minimum atomic E-state index is -0.614. The minimum Gasteiger partial charge on any atom is -0.483 e. The van der Waals surface area contributed by atoms with Crippen LogP contribution in [-0.4, -0.2) is 30.2 Å². The van der Waals surface area contributed by atoms with Crippen molar-refractivity contribution in [3.05, 3.63) is 98.5 Å². The number of hydrogen-bond donors (Lipinski definition) is 2. The standard InChI is InChI=1S/C35H37Cl3N4O4/c1-8-34(4,5)22-13-14-28(25(16-22)35(6,7)9-2)46-19-29(43)39-24-12-10-11-21(15-24)32(44)40-31-20(3)33(45)42(41-31)30-26(37)17-23(36)18-27(30)38/h10-18H,3,8-9,19H2,1-2,4-7H3,(H,39,43)(H,40,41,44). The average Bonchev–Trinajstić information content (AvgIpc) is 3.27. The van der Waals surface area contributed by atoms with Gasteiger partial charge in [-0.05, 0) is 65.6 Å². The Morgan fingerprint density at radius 1 is 0.913 bits per heavy atom. The van der Waals surface area contributed by atoms with Crippen LogP contribution in [0.25, 0.3) is 0 Å². The lowest BCUT2D eigenvalue weighted by atomic mass is 9.76. The minimum absolute atomic E-state index is 0.0104. The number of rotatable bonds is 10. The van der Waals surface area contributed by atoms with Gasteiger partial charge in [0.25, 0.3) is 17.7 Å². The van der Waals surface area contributed by atoms with Gasteiger partial charge < -0.3 is 15.4 Å². The molecule has 0 radical (unpaired) electrons. The topological polar surface area (TPSA) is 100 Å². The molecule has 0 atom stereocenters. The summed E-state index contributed by atoms with van der Waals surface area (Å²) in [7, 11) is 0. The van der Waals surface area contributed by atoms with Gasteiger partial charge in [-0.3, -0.25) is 14.4 Å². The summed E-state index contributed by atoms with van der Waals surface area (Å²) in [5, 5.41) is 11.0. The molecule has 2 N–H and O–H groups in total. The van der Waals surface area contributed by atoms with E-state index in [0.717, 1.165) is 23.4 Å². The predicted octanol–water partition coefficient (Wildman–Crippen LogP) is 8.69. The lowest BCUT2D eigenvalue weighted by Gasteiger charge is -2.30. The van der Waals surface area contributed by atoms with E-state index < -0.39 is 11.8 Å². The average molecular weight is 684 g/mol. The number of hydrazone groups is 1. The lowest BCUT2D eigenvalue weighted by Crippen LogP contribution is -2.31. The second kappa shape index (κ2) is 13.9. The van der Waals surface area contributed by atoms with Crippen molar-refractivity contribution in [2.45, 2.75) is 65.2 Å². The first kappa shape index (κ1) is 35.0. The summed E-state index contributed by atoms with van der Waals surface area (Å²) in [6.07, 6.45) is 1.89. The number of benzene rings is 3. The first-order valence-corrected chi connectivity index (χ1v) is 16.0. The van der Waals surface area contributed by atoms with Crippen molar-refractivity contribution in [2.24, 2.45) is 5.10 Å². The zero-order valence-electron chi connectivity index (χ0n) is 26.7. The molecule has 1 heterocycles. The summed E-state index contributed by atoms with van der Waals surface area (Å²) in [6, 6.07) is 15.4. The molecule has 1 aliphatic rings. The SMILES string of the molecule is C=C1C(=O)N(c2c(Cl)cc(Cl)cc2Cl)N=C1NC(=O)c1cccc(NC(=O)COc2ccc(C(C)(C)CC)cc2C(C)(C)CC)c1. The van der Waals surface area contributed by atoms with Crippen LogP contribution in [0.1, 0.15) is 75.9 Å². The van der Waals surface area contributed by atoms with Crippen LogP contribution in [0.2, 0.25) is 15.1 Å². The highest BCUT2D eigenvalue weighted by molar-refractivity contribution is 6.44. The number of halogens is 3. The molecule has 11 heteroatoms. The second-order valence-corrected chi connectivity index (χ2v) is 13.6. The van der Waals surface area contributed by atoms with E-state index in [4.69, 9.17) is 39.5 Å². The van der Waals surface area contributed by atoms with Gasteiger partial charge in [0, 0.05) is 21.8 Å². The van der Waals surface area contributed by atoms with Gasteiger partial charge in [-0.2, -0.15) is 5.01 Å². The summed E-state index contributed by atoms with van der Waals surface area (Å²) in [5.74, 6) is -0.983. The van der Waals surface area contributed by atoms with Crippen LogP contribution in [-0.2, 0) is 20.4 Å². The second-order valence-electron chi connectivity index (χ2n) is 12.3. The molecule has 3 aromatic carbocycles. The third kappa shape index (κ3) is 7.57. The number of amides is 3. The van der Waals surface area contributed by atoms with Crippen LogP contribution in [0, 0.1) is 0 Å². The Morgan fingerprint density at radius 2 is 1.57 bits per heavy atom. The van der Waals surface area contributed by atoms with Crippen LogP contribution in [0.3, 0.4) is 0 Å². The van der Waals surface area contributed by atoms with E-state index in [-0.39, 0.29) is 61.1 Å². The largest absolute Gasteiger partial charge is 0.483 e. The Bertz CT molecular complexity index is 1730. The smallest absolute Gasteiger partial charge is 0.282 e. The molecule has 0 bridgehead atoms. The van der Waals surface area contributed by atoms with Crippen LogP contribution in [0.5, 0.6) is 5.75 Å². The van der Waals surface area contributed by atoms with Crippen molar-refractivity contribution in [1.29, 1.82) is 0 Å². The fourth-order valence-corrected chi connectivity index (χ4v) is 5.66. The summed E-state index contributed by atoms with van der Waals surface area (Å²) in [5.41, 5.74) is 2.78. The highest BCUT2D eigenvalue weighted by atomic mass is 35.5. The molecule has 0 aromatic heterocycles. The van der Waals surface area contributed by atoms with E-state index in [2.05, 4.69) is 76.0 Å². The Morgan fingerprint density at radius 3 is 2.20 bits per heavy atom. The lowest BCUT2D eigenvalue weighted by molar-refractivity contribution is -0.118. The van der Waals surface area contributed by atoms with E-state index in [1.165, 1.54) is 23.8 Å². The van der Waals surface area contributed by atoms with Gasteiger partial charge in [0.05, 0.1) is 15.6 Å². The van der Waals surface area contributed by atoms with Crippen molar-refractivity contribution < 1.29 is 19.1 Å². The maximum atomic E-state index is 13.1. The molecule has 0 fully saturated rings. The fourth-order valence-electron chi connectivity index (χ4n) is 4.68. The van der Waals surface area contributed by atoms with Gasteiger partial charge >= 0.3 is 0 Å². The highest BCUT2D eigenvalue weighted by Crippen LogP contribution is 2.40. The number of anilines is 2. The number of nitrogens with one attached hydrogen (secondary N) is 2. The van der Waals surface area contributed by atoms with Gasteiger partial charge in [0.1, 0.15) is 11.4 Å². The third-order valence-corrected chi connectivity index (χ3v) is 9.18. The van der Waals surface area contributed by atoms with Gasteiger partial charge in [0.15, 0.2) is 12.4 Å². The monoisotopic (exact) mass is 682 g/mol. The third-order valence-electron chi connectivity index (χ3n) is 8.39. The number of carbonyl (C=O) groups is 3. The molecular formula is C35H37Cl3N4O4. The highest BCUT2D eigenvalue weighted by Gasteiger charge is 2.34. The van der Waals surface area contributed by atoms with Gasteiger partial charge in [-0.15, -0.1) is 5.10 Å². The number of hydrogen-bond acceptors (Lipinski definition) is 5. The van der Waals surface area contributed by atoms with Crippen molar-refractivity contribution in [2.75, 3.05) is 16.9 Å². The number of amidine groups is 1. The van der Waals surface area contributed by atoms with Gasteiger partial charge in [0.2, 0.25) is 0 Å². The Kier molecular flexibility index (Phi) is 10.6. The molecule has 3 amide bonds. The molecule has 1 aliphatic heterocycles. The molecule has 0 saturated heterocycles. The van der Waals surface area contributed by atoms with Crippen LogP contribution >= 0.6 is 34.8 Å². The van der Waals surface area contributed by atoms with E-state index in [1.807, 2.05) is 6.07 Å². The van der Waals surface area contributed by atoms with Gasteiger partial charge in [-0.25, -0.2) is 0 Å². The summed E-state index contributed by atoms with van der Waals surface area (Å²) >= 11 is 18.5. The molecule has 8 nitrogen and oxygen atoms in total. The Hall–Kier alpha value is -3.85. The predicted molar refractivity (Wildman–Crippen MR) is 187 cm³/mol. The van der Waals surface area contributed by atoms with E-state index in [1.54, 1.807) is 18.2 Å². The molecule has 242 valence electrons. The first-order valence-electron chi connectivity index (χ1n) is 14.8. The zero-order chi connectivity index (χ0) is 34.0. The molecule has 3 aromatic rings. The maximum absolute atomic E-state index is 13.1. The summed E-state index contributed by atoms with van der Waals surface area (Å²) in [6.45, 7) is 16.6. The van der Waals surface area contributed by atoms with Gasteiger partial charge in [-0.1, -0.05) is 101 Å². The zero-order valence-corrected chi connectivity index (χ0v) is 29.0. The van der Waals surface area contributed by atoms with Crippen LogP contribution in [0.4, 0.5) is 11.4 Å². The van der Waals surface area contributed by atoms with Crippen LogP contribution in [0.15, 0.2) is 71.9 Å². The first-order chi connectivity index (χ1) is 21.6. The molecule has 46 heavy (non-hydrogen) atoms. The Labute approximate surface area is 284 Å². The molecular weight excluding hydrogens is 647 g/mol. The molecule has 0 unspecified atom stereocenters. The Balaban J connectivity index is 1.45. The van der Waals surface area contributed by atoms with E-state index in [9.17, 15) is 14.4 Å². The van der Waals surface area contributed by atoms with Crippen molar-refractivity contribution in [3.8, 4) is 5.75 Å². The van der Waals surface area contributed by atoms with Crippen molar-refractivity contribution >= 4 is 69.7 Å². The summed E-state index contributed by atoms with van der Waals surface area (Å²) < 4.78 is 6.04. The van der Waals surface area contributed by atoms with Crippen LogP contribution < -0.4 is 20.4 Å². The van der Waals surface area contributed by atoms with E-state index >= 15 is 0 Å². The summed E-state index contributed by atoms with van der Waals surface area (Å²) in [4.78, 5) is 38.9. The normalized spacial score (nSPS) is 13.5. The molecule has 0 saturated carbocycles. The number of nitrogens with zero attached hydrogens (tertiary/aromatic N) is 2. The fraction of sp³-hybridized carbons (Fsp3) is 0.314. The quantitative estimate of drug-likeness (QED) is 0.209. The maximum Gasteiger partial charge on any atom is 0.282 e. The number of ether oxygens (including phenoxy) is 1. The van der Waals surface area contributed by atoms with E-state index in [0.29, 0.717) is 11.4 Å². The van der Waals surface area contributed by atoms with Crippen molar-refractivity contribution in [3.63, 3.8) is 0 Å². The van der Waals surface area contributed by atoms with Crippen molar-refractivity contribution in [1.82, 2.24) is 5.32 Å². The number of carbonyl (C=O) groups excluding carboxylic acids is 3.